The number of pyridine rings is 2. The Hall–Kier alpha value is -3.35. The van der Waals surface area contributed by atoms with Crippen LogP contribution in [-0.2, 0) is 13.6 Å². The summed E-state index contributed by atoms with van der Waals surface area (Å²) in [6, 6.07) is 18.7. The molecule has 170 valence electrons. The lowest BCUT2D eigenvalue weighted by Gasteiger charge is -2.13. The molecule has 0 aliphatic carbocycles. The molecule has 0 atom stereocenters. The third-order valence-corrected chi connectivity index (χ3v) is 5.62. The quantitative estimate of drug-likeness (QED) is 0.310. The van der Waals surface area contributed by atoms with E-state index in [-0.39, 0.29) is 5.43 Å². The van der Waals surface area contributed by atoms with Gasteiger partial charge in [0.05, 0.1) is 11.7 Å². The van der Waals surface area contributed by atoms with E-state index in [1.807, 2.05) is 66.2 Å². The summed E-state index contributed by atoms with van der Waals surface area (Å²) >= 11 is 6.06. The van der Waals surface area contributed by atoms with Gasteiger partial charge in [-0.15, -0.1) is 0 Å². The van der Waals surface area contributed by atoms with Gasteiger partial charge in [-0.25, -0.2) is 0 Å². The van der Waals surface area contributed by atoms with Crippen molar-refractivity contribution in [2.24, 2.45) is 7.05 Å². The van der Waals surface area contributed by atoms with Crippen LogP contribution in [0.15, 0.2) is 77.9 Å². The highest BCUT2D eigenvalue weighted by atomic mass is 35.5. The smallest absolute Gasteiger partial charge is 0.224 e. The molecular formula is C26H27ClN4O2. The molecule has 2 aromatic carbocycles. The van der Waals surface area contributed by atoms with E-state index in [4.69, 9.17) is 16.3 Å². The largest absolute Gasteiger partial charge is 0.452 e. The Morgan fingerprint density at radius 2 is 1.85 bits per heavy atom. The number of aromatic nitrogens is 2. The summed E-state index contributed by atoms with van der Waals surface area (Å²) in [6.45, 7) is 2.36. The first-order valence-corrected chi connectivity index (χ1v) is 11.4. The molecule has 2 aromatic heterocycles. The molecule has 2 heterocycles. The summed E-state index contributed by atoms with van der Waals surface area (Å²) in [4.78, 5) is 16.8. The van der Waals surface area contributed by atoms with Crippen molar-refractivity contribution in [2.75, 3.05) is 18.4 Å². The normalized spacial score (nSPS) is 11.0. The number of ether oxygens (including phenoxy) is 1. The Morgan fingerprint density at radius 3 is 2.70 bits per heavy atom. The number of hydrogen-bond acceptors (Lipinski definition) is 5. The minimum atomic E-state index is -0.121. The molecule has 0 bridgehead atoms. The zero-order valence-electron chi connectivity index (χ0n) is 18.6. The fourth-order valence-electron chi connectivity index (χ4n) is 3.60. The maximum absolute atomic E-state index is 12.4. The highest BCUT2D eigenvalue weighted by molar-refractivity contribution is 6.31. The van der Waals surface area contributed by atoms with E-state index < -0.39 is 0 Å². The van der Waals surface area contributed by atoms with Crippen molar-refractivity contribution in [3.05, 3.63) is 94.0 Å². The Kier molecular flexibility index (Phi) is 7.60. The van der Waals surface area contributed by atoms with Crippen molar-refractivity contribution in [3.8, 4) is 11.5 Å². The lowest BCUT2D eigenvalue weighted by atomic mass is 10.2. The van der Waals surface area contributed by atoms with Gasteiger partial charge in [0.1, 0.15) is 5.75 Å². The van der Waals surface area contributed by atoms with Crippen LogP contribution in [0.1, 0.15) is 18.5 Å². The zero-order chi connectivity index (χ0) is 23.0. The minimum Gasteiger partial charge on any atom is -0.452 e. The number of unbranched alkanes of at least 4 members (excludes halogenated alkanes) is 1. The lowest BCUT2D eigenvalue weighted by molar-refractivity contribution is 0.469. The fraction of sp³-hybridized carbons (Fsp3) is 0.231. The van der Waals surface area contributed by atoms with Gasteiger partial charge in [-0.3, -0.25) is 9.78 Å². The molecule has 4 aromatic rings. The molecule has 0 fully saturated rings. The van der Waals surface area contributed by atoms with Crippen LogP contribution >= 0.6 is 11.6 Å². The molecule has 0 saturated heterocycles. The molecule has 7 heteroatoms. The number of fused-ring (bicyclic) bond motifs is 1. The summed E-state index contributed by atoms with van der Waals surface area (Å²) in [5.74, 6) is 0.974. The summed E-state index contributed by atoms with van der Waals surface area (Å²) in [5, 5.41) is 8.67. The fourth-order valence-corrected chi connectivity index (χ4v) is 3.77. The molecule has 0 radical (unpaired) electrons. The van der Waals surface area contributed by atoms with Crippen LogP contribution in [0.3, 0.4) is 0 Å². The average Bonchev–Trinajstić information content (AvgIpc) is 2.81. The van der Waals surface area contributed by atoms with E-state index in [0.29, 0.717) is 23.1 Å². The van der Waals surface area contributed by atoms with Gasteiger partial charge in [-0.2, -0.15) is 0 Å². The topological polar surface area (TPSA) is 68.2 Å². The molecule has 0 aliphatic heterocycles. The number of hydrogen-bond donors (Lipinski definition) is 2. The van der Waals surface area contributed by atoms with E-state index in [2.05, 4.69) is 15.6 Å². The third kappa shape index (κ3) is 6.12. The highest BCUT2D eigenvalue weighted by Crippen LogP contribution is 2.24. The monoisotopic (exact) mass is 462 g/mol. The Balaban J connectivity index is 1.21. The first-order chi connectivity index (χ1) is 16.1. The number of benzene rings is 2. The Labute approximate surface area is 198 Å². The van der Waals surface area contributed by atoms with E-state index in [0.717, 1.165) is 48.2 Å². The van der Waals surface area contributed by atoms with Crippen LogP contribution in [0.25, 0.3) is 10.9 Å². The van der Waals surface area contributed by atoms with Gasteiger partial charge < -0.3 is 19.9 Å². The first-order valence-electron chi connectivity index (χ1n) is 11.0. The lowest BCUT2D eigenvalue weighted by Crippen LogP contribution is -2.21. The summed E-state index contributed by atoms with van der Waals surface area (Å²) in [6.07, 6.45) is 5.57. The van der Waals surface area contributed by atoms with Crippen LogP contribution in [0.5, 0.6) is 11.5 Å². The predicted octanol–water partition coefficient (Wildman–Crippen LogP) is 5.36. The van der Waals surface area contributed by atoms with Crippen molar-refractivity contribution >= 4 is 28.2 Å². The van der Waals surface area contributed by atoms with Crippen molar-refractivity contribution in [1.82, 2.24) is 14.9 Å². The number of nitrogens with one attached hydrogen (secondary N) is 2. The predicted molar refractivity (Wildman–Crippen MR) is 134 cm³/mol. The Bertz CT molecular complexity index is 1270. The van der Waals surface area contributed by atoms with Gasteiger partial charge in [-0.05, 0) is 55.8 Å². The molecule has 4 rings (SSSR count). The number of halogens is 1. The van der Waals surface area contributed by atoms with Crippen LogP contribution < -0.4 is 20.8 Å². The molecule has 0 spiro atoms. The van der Waals surface area contributed by atoms with E-state index in [1.54, 1.807) is 18.5 Å². The van der Waals surface area contributed by atoms with Crippen molar-refractivity contribution in [2.45, 2.75) is 19.4 Å². The first kappa shape index (κ1) is 22.8. The third-order valence-electron chi connectivity index (χ3n) is 5.38. The molecule has 0 amide bonds. The van der Waals surface area contributed by atoms with E-state index >= 15 is 0 Å². The van der Waals surface area contributed by atoms with Crippen molar-refractivity contribution in [1.29, 1.82) is 0 Å². The summed E-state index contributed by atoms with van der Waals surface area (Å²) < 4.78 is 7.64. The second-order valence-corrected chi connectivity index (χ2v) is 8.29. The van der Waals surface area contributed by atoms with Gasteiger partial charge in [0.15, 0.2) is 5.75 Å². The zero-order valence-corrected chi connectivity index (χ0v) is 19.3. The maximum atomic E-state index is 12.4. The molecule has 2 N–H and O–H groups in total. The minimum absolute atomic E-state index is 0.121. The molecular weight excluding hydrogens is 436 g/mol. The number of para-hydroxylation sites is 1. The second-order valence-electron chi connectivity index (χ2n) is 7.85. The average molecular weight is 463 g/mol. The molecule has 6 nitrogen and oxygen atoms in total. The Morgan fingerprint density at radius 1 is 1.03 bits per heavy atom. The number of anilines is 1. The standard InChI is InChI=1S/C26H27ClN4O2/c1-31-18-26(33-21-7-3-2-4-8-21)25(32)16-20(31)17-28-12-5-6-13-29-23-11-14-30-24-15-19(27)9-10-22(23)24/h2-4,7-11,14-16,18,28H,5-6,12-13,17H2,1H3,(H,29,30). The summed E-state index contributed by atoms with van der Waals surface area (Å²) in [5.41, 5.74) is 2.75. The van der Waals surface area contributed by atoms with Crippen LogP contribution in [-0.4, -0.2) is 22.6 Å². The van der Waals surface area contributed by atoms with E-state index in [9.17, 15) is 4.79 Å². The van der Waals surface area contributed by atoms with Crippen molar-refractivity contribution < 1.29 is 4.74 Å². The SMILES string of the molecule is Cn1cc(Oc2ccccc2)c(=O)cc1CNCCCCNc1ccnc2cc(Cl)ccc12. The van der Waals surface area contributed by atoms with Crippen LogP contribution in [0, 0.1) is 0 Å². The molecule has 0 unspecified atom stereocenters. The number of aryl methyl sites for hydroxylation is 1. The summed E-state index contributed by atoms with van der Waals surface area (Å²) in [7, 11) is 1.92. The van der Waals surface area contributed by atoms with Gasteiger partial charge >= 0.3 is 0 Å². The van der Waals surface area contributed by atoms with Crippen LogP contribution in [0.2, 0.25) is 5.02 Å². The highest BCUT2D eigenvalue weighted by Gasteiger charge is 2.07. The van der Waals surface area contributed by atoms with E-state index in [1.165, 1.54) is 0 Å². The van der Waals surface area contributed by atoms with Crippen LogP contribution in [0.4, 0.5) is 5.69 Å². The number of rotatable bonds is 10. The molecule has 33 heavy (non-hydrogen) atoms. The molecule has 0 aliphatic rings. The van der Waals surface area contributed by atoms with Gasteiger partial charge in [0.25, 0.3) is 0 Å². The maximum Gasteiger partial charge on any atom is 0.224 e. The second kappa shape index (κ2) is 11.0. The van der Waals surface area contributed by atoms with Gasteiger partial charge in [0.2, 0.25) is 5.43 Å². The molecule has 0 saturated carbocycles. The number of nitrogens with zero attached hydrogens (tertiary/aromatic N) is 2. The van der Waals surface area contributed by atoms with Gasteiger partial charge in [0, 0.05) is 54.2 Å². The van der Waals surface area contributed by atoms with Crippen molar-refractivity contribution in [3.63, 3.8) is 0 Å². The van der Waals surface area contributed by atoms with Gasteiger partial charge in [-0.1, -0.05) is 29.8 Å².